The number of hydrogen-bond donors (Lipinski definition) is 1. The van der Waals surface area contributed by atoms with Gasteiger partial charge in [-0.15, -0.1) is 0 Å². The van der Waals surface area contributed by atoms with Crippen LogP contribution >= 0.6 is 22.6 Å². The molecule has 1 aromatic carbocycles. The predicted molar refractivity (Wildman–Crippen MR) is 72.6 cm³/mol. The maximum absolute atomic E-state index is 5.85. The van der Waals surface area contributed by atoms with Gasteiger partial charge in [0.25, 0.3) is 0 Å². The van der Waals surface area contributed by atoms with E-state index in [0.29, 0.717) is 17.2 Å². The summed E-state index contributed by atoms with van der Waals surface area (Å²) >= 11 is 2.21. The first-order chi connectivity index (χ1) is 7.65. The third-order valence-corrected chi connectivity index (χ3v) is 2.75. The highest BCUT2D eigenvalue weighted by Gasteiger charge is 2.02. The van der Waals surface area contributed by atoms with Gasteiger partial charge in [-0.2, -0.15) is 0 Å². The van der Waals surface area contributed by atoms with Crippen molar-refractivity contribution in [3.05, 3.63) is 45.8 Å². The van der Waals surface area contributed by atoms with Gasteiger partial charge >= 0.3 is 0 Å². The number of aromatic nitrogens is 1. The van der Waals surface area contributed by atoms with E-state index in [0.717, 1.165) is 9.26 Å². The van der Waals surface area contributed by atoms with Crippen LogP contribution in [0.5, 0.6) is 11.5 Å². The zero-order valence-electron chi connectivity index (χ0n) is 8.77. The van der Waals surface area contributed by atoms with Crippen LogP contribution in [0, 0.1) is 10.5 Å². The van der Waals surface area contributed by atoms with Gasteiger partial charge < -0.3 is 10.5 Å². The van der Waals surface area contributed by atoms with E-state index in [9.17, 15) is 0 Å². The molecule has 0 aliphatic rings. The Morgan fingerprint density at radius 2 is 2.06 bits per heavy atom. The summed E-state index contributed by atoms with van der Waals surface area (Å²) in [6.07, 6.45) is 1.69. The Hall–Kier alpha value is -1.30. The van der Waals surface area contributed by atoms with Gasteiger partial charge in [-0.25, -0.2) is 0 Å². The Bertz CT molecular complexity index is 497. The van der Waals surface area contributed by atoms with E-state index in [1.165, 1.54) is 0 Å². The van der Waals surface area contributed by atoms with E-state index in [2.05, 4.69) is 27.6 Å². The summed E-state index contributed by atoms with van der Waals surface area (Å²) in [4.78, 5) is 4.16. The molecule has 0 fully saturated rings. The van der Waals surface area contributed by atoms with E-state index in [4.69, 9.17) is 10.5 Å². The van der Waals surface area contributed by atoms with Crippen LogP contribution in [0.25, 0.3) is 0 Å². The maximum atomic E-state index is 5.85. The van der Waals surface area contributed by atoms with Crippen molar-refractivity contribution >= 4 is 28.3 Å². The Morgan fingerprint density at radius 1 is 1.25 bits per heavy atom. The standard InChI is InChI=1S/C12H11IN2O/c1-8-2-4-10(7-15-8)16-12-5-3-9(13)6-11(12)14/h2-7H,14H2,1H3. The molecule has 0 aliphatic heterocycles. The number of ether oxygens (including phenoxy) is 1. The Labute approximate surface area is 108 Å². The average Bonchev–Trinajstić information content (AvgIpc) is 2.25. The number of nitrogen functional groups attached to an aromatic ring is 1. The number of aryl methyl sites for hydroxylation is 1. The van der Waals surface area contributed by atoms with Crippen molar-refractivity contribution < 1.29 is 4.74 Å². The lowest BCUT2D eigenvalue weighted by Gasteiger charge is -2.08. The van der Waals surface area contributed by atoms with Crippen LogP contribution in [0.4, 0.5) is 5.69 Å². The predicted octanol–water partition coefficient (Wildman–Crippen LogP) is 3.37. The lowest BCUT2D eigenvalue weighted by atomic mass is 10.3. The van der Waals surface area contributed by atoms with Crippen molar-refractivity contribution in [1.29, 1.82) is 0 Å². The van der Waals surface area contributed by atoms with Gasteiger partial charge in [-0.3, -0.25) is 4.98 Å². The second kappa shape index (κ2) is 4.69. The highest BCUT2D eigenvalue weighted by molar-refractivity contribution is 14.1. The SMILES string of the molecule is Cc1ccc(Oc2ccc(I)cc2N)cn1. The first kappa shape index (κ1) is 11.2. The zero-order chi connectivity index (χ0) is 11.5. The van der Waals surface area contributed by atoms with Crippen LogP contribution in [-0.4, -0.2) is 4.98 Å². The largest absolute Gasteiger partial charge is 0.454 e. The average molecular weight is 326 g/mol. The highest BCUT2D eigenvalue weighted by atomic mass is 127. The minimum absolute atomic E-state index is 0.632. The minimum atomic E-state index is 0.632. The number of halogens is 1. The van der Waals surface area contributed by atoms with E-state index in [-0.39, 0.29) is 0 Å². The number of benzene rings is 1. The fraction of sp³-hybridized carbons (Fsp3) is 0.0833. The van der Waals surface area contributed by atoms with Crippen molar-refractivity contribution in [2.75, 3.05) is 5.73 Å². The molecule has 0 atom stereocenters. The van der Waals surface area contributed by atoms with E-state index in [1.54, 1.807) is 6.20 Å². The molecule has 0 aliphatic carbocycles. The number of pyridine rings is 1. The molecule has 3 nitrogen and oxygen atoms in total. The van der Waals surface area contributed by atoms with Crippen molar-refractivity contribution in [1.82, 2.24) is 4.98 Å². The lowest BCUT2D eigenvalue weighted by Crippen LogP contribution is -1.93. The second-order valence-electron chi connectivity index (χ2n) is 3.42. The highest BCUT2D eigenvalue weighted by Crippen LogP contribution is 2.28. The summed E-state index contributed by atoms with van der Waals surface area (Å²) in [6, 6.07) is 9.46. The van der Waals surface area contributed by atoms with Gasteiger partial charge in [0.2, 0.25) is 0 Å². The molecule has 0 saturated heterocycles. The lowest BCUT2D eigenvalue weighted by molar-refractivity contribution is 0.482. The van der Waals surface area contributed by atoms with Gasteiger partial charge in [0.15, 0.2) is 0 Å². The van der Waals surface area contributed by atoms with Crippen LogP contribution in [0.15, 0.2) is 36.5 Å². The van der Waals surface area contributed by atoms with Gasteiger partial charge in [0, 0.05) is 9.26 Å². The molecule has 0 unspecified atom stereocenters. The molecule has 2 aromatic rings. The molecular weight excluding hydrogens is 315 g/mol. The maximum Gasteiger partial charge on any atom is 0.150 e. The quantitative estimate of drug-likeness (QED) is 0.680. The first-order valence-corrected chi connectivity index (χ1v) is 5.88. The monoisotopic (exact) mass is 326 g/mol. The van der Waals surface area contributed by atoms with E-state index in [1.807, 2.05) is 37.3 Å². The Kier molecular flexibility index (Phi) is 3.28. The van der Waals surface area contributed by atoms with E-state index >= 15 is 0 Å². The fourth-order valence-corrected chi connectivity index (χ4v) is 1.77. The molecule has 1 heterocycles. The summed E-state index contributed by atoms with van der Waals surface area (Å²) in [5.74, 6) is 1.35. The van der Waals surface area contributed by atoms with Crippen molar-refractivity contribution in [2.24, 2.45) is 0 Å². The van der Waals surface area contributed by atoms with Gasteiger partial charge in [-0.1, -0.05) is 0 Å². The molecule has 0 spiro atoms. The molecule has 4 heteroatoms. The molecule has 16 heavy (non-hydrogen) atoms. The molecule has 2 N–H and O–H groups in total. The third-order valence-electron chi connectivity index (χ3n) is 2.08. The molecule has 82 valence electrons. The molecule has 0 amide bonds. The Balaban J connectivity index is 2.23. The fourth-order valence-electron chi connectivity index (χ4n) is 1.25. The summed E-state index contributed by atoms with van der Waals surface area (Å²) in [6.45, 7) is 1.93. The molecular formula is C12H11IN2O. The van der Waals surface area contributed by atoms with Crippen LogP contribution in [-0.2, 0) is 0 Å². The number of hydrogen-bond acceptors (Lipinski definition) is 3. The second-order valence-corrected chi connectivity index (χ2v) is 4.67. The summed E-state index contributed by atoms with van der Waals surface area (Å²) < 4.78 is 6.72. The van der Waals surface area contributed by atoms with Crippen molar-refractivity contribution in [3.63, 3.8) is 0 Å². The topological polar surface area (TPSA) is 48.1 Å². The molecule has 0 radical (unpaired) electrons. The first-order valence-electron chi connectivity index (χ1n) is 4.81. The van der Waals surface area contributed by atoms with Crippen molar-refractivity contribution in [2.45, 2.75) is 6.92 Å². The zero-order valence-corrected chi connectivity index (χ0v) is 10.9. The number of nitrogens with two attached hydrogens (primary N) is 1. The minimum Gasteiger partial charge on any atom is -0.454 e. The molecule has 1 aromatic heterocycles. The third kappa shape index (κ3) is 2.63. The van der Waals surface area contributed by atoms with Gasteiger partial charge in [0.1, 0.15) is 11.5 Å². The number of nitrogens with zero attached hydrogens (tertiary/aromatic N) is 1. The molecule has 0 saturated carbocycles. The smallest absolute Gasteiger partial charge is 0.150 e. The summed E-state index contributed by atoms with van der Waals surface area (Å²) in [7, 11) is 0. The Morgan fingerprint density at radius 3 is 2.69 bits per heavy atom. The normalized spacial score (nSPS) is 10.1. The number of rotatable bonds is 2. The van der Waals surface area contributed by atoms with Gasteiger partial charge in [0.05, 0.1) is 11.9 Å². The van der Waals surface area contributed by atoms with Crippen LogP contribution in [0.1, 0.15) is 5.69 Å². The van der Waals surface area contributed by atoms with Crippen LogP contribution < -0.4 is 10.5 Å². The van der Waals surface area contributed by atoms with Crippen LogP contribution in [0.3, 0.4) is 0 Å². The summed E-state index contributed by atoms with van der Waals surface area (Å²) in [5.41, 5.74) is 7.44. The van der Waals surface area contributed by atoms with Crippen molar-refractivity contribution in [3.8, 4) is 11.5 Å². The number of anilines is 1. The molecule has 2 rings (SSSR count). The van der Waals surface area contributed by atoms with Gasteiger partial charge in [-0.05, 0) is 59.8 Å². The summed E-state index contributed by atoms with van der Waals surface area (Å²) in [5, 5.41) is 0. The van der Waals surface area contributed by atoms with Crippen LogP contribution in [0.2, 0.25) is 0 Å². The molecule has 0 bridgehead atoms. The van der Waals surface area contributed by atoms with E-state index < -0.39 is 0 Å².